The second-order valence-corrected chi connectivity index (χ2v) is 7.65. The van der Waals surface area contributed by atoms with Gasteiger partial charge >= 0.3 is 0 Å². The normalized spacial score (nSPS) is 19.5. The van der Waals surface area contributed by atoms with Crippen molar-refractivity contribution < 1.29 is 17.9 Å². The van der Waals surface area contributed by atoms with Gasteiger partial charge in [-0.15, -0.1) is 0 Å². The van der Waals surface area contributed by atoms with Gasteiger partial charge in [-0.2, -0.15) is 4.31 Å². The van der Waals surface area contributed by atoms with Crippen LogP contribution in [0.15, 0.2) is 29.2 Å². The van der Waals surface area contributed by atoms with Crippen molar-refractivity contribution in [2.75, 3.05) is 25.0 Å². The summed E-state index contributed by atoms with van der Waals surface area (Å²) in [7, 11) is -3.58. The molecule has 1 aliphatic rings. The van der Waals surface area contributed by atoms with Crippen molar-refractivity contribution in [1.29, 1.82) is 0 Å². The van der Waals surface area contributed by atoms with Crippen LogP contribution in [0.25, 0.3) is 0 Å². The fraction of sp³-hybridized carbons (Fsp3) is 0.562. The van der Waals surface area contributed by atoms with Gasteiger partial charge in [0, 0.05) is 32.3 Å². The Bertz CT molecular complexity index is 645. The van der Waals surface area contributed by atoms with Crippen molar-refractivity contribution in [3.05, 3.63) is 24.3 Å². The van der Waals surface area contributed by atoms with Crippen molar-refractivity contribution in [3.8, 4) is 0 Å². The third-order valence-electron chi connectivity index (χ3n) is 3.69. The molecule has 1 aliphatic heterocycles. The number of nitrogens with zero attached hydrogens (tertiary/aromatic N) is 1. The minimum atomic E-state index is -3.58. The summed E-state index contributed by atoms with van der Waals surface area (Å²) >= 11 is 0. The van der Waals surface area contributed by atoms with E-state index in [1.807, 2.05) is 6.92 Å². The number of carbonyl (C=O) groups excluding carboxylic acids is 1. The Labute approximate surface area is 137 Å². The molecule has 1 amide bonds. The molecule has 23 heavy (non-hydrogen) atoms. The number of amides is 1. The topological polar surface area (TPSA) is 75.7 Å². The number of benzene rings is 1. The molecule has 1 fully saturated rings. The fourth-order valence-electron chi connectivity index (χ4n) is 2.63. The Kier molecular flexibility index (Phi) is 6.15. The van der Waals surface area contributed by atoms with E-state index in [4.69, 9.17) is 4.74 Å². The molecule has 128 valence electrons. The molecular weight excluding hydrogens is 316 g/mol. The van der Waals surface area contributed by atoms with Gasteiger partial charge in [0.2, 0.25) is 15.9 Å². The third kappa shape index (κ3) is 4.76. The lowest BCUT2D eigenvalue weighted by Crippen LogP contribution is -2.43. The molecule has 7 heteroatoms. The lowest BCUT2D eigenvalue weighted by molar-refractivity contribution is -0.114. The van der Waals surface area contributed by atoms with Gasteiger partial charge in [-0.05, 0) is 37.5 Å². The van der Waals surface area contributed by atoms with E-state index in [-0.39, 0.29) is 16.9 Å². The van der Waals surface area contributed by atoms with E-state index in [1.54, 1.807) is 18.2 Å². The van der Waals surface area contributed by atoms with Gasteiger partial charge in [0.1, 0.15) is 0 Å². The average Bonchev–Trinajstić information content (AvgIpc) is 2.53. The highest BCUT2D eigenvalue weighted by Gasteiger charge is 2.30. The predicted molar refractivity (Wildman–Crippen MR) is 88.8 cm³/mol. The summed E-state index contributed by atoms with van der Waals surface area (Å²) < 4.78 is 32.8. The van der Waals surface area contributed by atoms with Crippen molar-refractivity contribution in [1.82, 2.24) is 4.31 Å². The van der Waals surface area contributed by atoms with E-state index >= 15 is 0 Å². The van der Waals surface area contributed by atoms with E-state index < -0.39 is 10.0 Å². The first-order valence-corrected chi connectivity index (χ1v) is 9.37. The maximum Gasteiger partial charge on any atom is 0.243 e. The van der Waals surface area contributed by atoms with Crippen LogP contribution in [-0.4, -0.2) is 44.4 Å². The number of nitrogens with one attached hydrogen (secondary N) is 1. The number of ether oxygens (including phenoxy) is 1. The highest BCUT2D eigenvalue weighted by Crippen LogP contribution is 2.24. The Hall–Kier alpha value is -1.44. The molecule has 1 N–H and O–H groups in total. The van der Waals surface area contributed by atoms with E-state index in [0.29, 0.717) is 25.4 Å². The zero-order chi connectivity index (χ0) is 16.9. The lowest BCUT2D eigenvalue weighted by Gasteiger charge is -2.31. The standard InChI is InChI=1S/C16H24N2O4S/c1-3-10-22-15-7-5-9-18(12-15)23(20,21)16-8-4-6-14(11-16)17-13(2)19/h4,6,8,11,15H,3,5,7,9-10,12H2,1-2H3,(H,17,19). The summed E-state index contributed by atoms with van der Waals surface area (Å²) in [6.07, 6.45) is 2.55. The molecule has 1 atom stereocenters. The minimum Gasteiger partial charge on any atom is -0.377 e. The van der Waals surface area contributed by atoms with E-state index in [2.05, 4.69) is 5.32 Å². The van der Waals surface area contributed by atoms with Crippen LogP contribution in [0.3, 0.4) is 0 Å². The van der Waals surface area contributed by atoms with Crippen molar-refractivity contribution >= 4 is 21.6 Å². The third-order valence-corrected chi connectivity index (χ3v) is 5.55. The molecule has 1 unspecified atom stereocenters. The second-order valence-electron chi connectivity index (χ2n) is 5.71. The Balaban J connectivity index is 2.15. The van der Waals surface area contributed by atoms with E-state index in [1.165, 1.54) is 17.3 Å². The van der Waals surface area contributed by atoms with Gasteiger partial charge in [0.25, 0.3) is 0 Å². The zero-order valence-electron chi connectivity index (χ0n) is 13.6. The molecule has 6 nitrogen and oxygen atoms in total. The van der Waals surface area contributed by atoms with Gasteiger partial charge in [0.05, 0.1) is 11.0 Å². The molecule has 0 saturated carbocycles. The molecule has 0 bridgehead atoms. The van der Waals surface area contributed by atoms with Crippen LogP contribution in [-0.2, 0) is 19.6 Å². The first kappa shape index (κ1) is 17.9. The van der Waals surface area contributed by atoms with Crippen molar-refractivity contribution in [2.24, 2.45) is 0 Å². The van der Waals surface area contributed by atoms with Gasteiger partial charge in [-0.25, -0.2) is 8.42 Å². The molecule has 0 aliphatic carbocycles. The maximum atomic E-state index is 12.8. The van der Waals surface area contributed by atoms with Gasteiger partial charge in [-0.1, -0.05) is 13.0 Å². The summed E-state index contributed by atoms with van der Waals surface area (Å²) in [4.78, 5) is 11.3. The van der Waals surface area contributed by atoms with Crippen LogP contribution in [0, 0.1) is 0 Å². The number of hydrogen-bond donors (Lipinski definition) is 1. The quantitative estimate of drug-likeness (QED) is 0.861. The van der Waals surface area contributed by atoms with E-state index in [0.717, 1.165) is 19.3 Å². The minimum absolute atomic E-state index is 0.0444. The average molecular weight is 340 g/mol. The zero-order valence-corrected chi connectivity index (χ0v) is 14.4. The number of piperidine rings is 1. The lowest BCUT2D eigenvalue weighted by atomic mass is 10.1. The number of sulfonamides is 1. The molecule has 0 aromatic heterocycles. The van der Waals surface area contributed by atoms with Gasteiger partial charge < -0.3 is 10.1 Å². The molecule has 1 aromatic rings. The van der Waals surface area contributed by atoms with Crippen LogP contribution >= 0.6 is 0 Å². The number of rotatable bonds is 6. The fourth-order valence-corrected chi connectivity index (χ4v) is 4.19. The SMILES string of the molecule is CCCOC1CCCN(S(=O)(=O)c2cccc(NC(C)=O)c2)C1. The number of carbonyl (C=O) groups is 1. The Morgan fingerprint density at radius 2 is 2.22 bits per heavy atom. The van der Waals surface area contributed by atoms with E-state index in [9.17, 15) is 13.2 Å². The number of hydrogen-bond acceptors (Lipinski definition) is 4. The van der Waals surface area contributed by atoms with Crippen LogP contribution < -0.4 is 5.32 Å². The summed E-state index contributed by atoms with van der Waals surface area (Å²) in [6.45, 7) is 4.95. The monoisotopic (exact) mass is 340 g/mol. The maximum absolute atomic E-state index is 12.8. The largest absolute Gasteiger partial charge is 0.377 e. The highest BCUT2D eigenvalue weighted by molar-refractivity contribution is 7.89. The Morgan fingerprint density at radius 3 is 2.91 bits per heavy atom. The molecule has 1 saturated heterocycles. The van der Waals surface area contributed by atoms with Crippen LogP contribution in [0.5, 0.6) is 0 Å². The van der Waals surface area contributed by atoms with Crippen molar-refractivity contribution in [3.63, 3.8) is 0 Å². The molecule has 1 aromatic carbocycles. The summed E-state index contributed by atoms with van der Waals surface area (Å²) in [5.41, 5.74) is 0.481. The Morgan fingerprint density at radius 1 is 1.43 bits per heavy atom. The van der Waals surface area contributed by atoms with Crippen LogP contribution in [0.1, 0.15) is 33.1 Å². The summed E-state index contributed by atoms with van der Waals surface area (Å²) in [5, 5.41) is 2.61. The predicted octanol–water partition coefficient (Wildman–Crippen LogP) is 2.22. The molecule has 0 radical (unpaired) electrons. The molecular formula is C16H24N2O4S. The smallest absolute Gasteiger partial charge is 0.243 e. The number of anilines is 1. The van der Waals surface area contributed by atoms with Gasteiger partial charge in [0.15, 0.2) is 0 Å². The van der Waals surface area contributed by atoms with Gasteiger partial charge in [-0.3, -0.25) is 4.79 Å². The molecule has 0 spiro atoms. The second kappa shape index (κ2) is 7.90. The summed E-state index contributed by atoms with van der Waals surface area (Å²) in [6, 6.07) is 6.35. The highest BCUT2D eigenvalue weighted by atomic mass is 32.2. The van der Waals surface area contributed by atoms with Crippen LogP contribution in [0.4, 0.5) is 5.69 Å². The molecule has 1 heterocycles. The molecule has 2 rings (SSSR count). The first-order valence-electron chi connectivity index (χ1n) is 7.93. The summed E-state index contributed by atoms with van der Waals surface area (Å²) in [5.74, 6) is -0.231. The van der Waals surface area contributed by atoms with Crippen LogP contribution in [0.2, 0.25) is 0 Å². The first-order chi connectivity index (χ1) is 10.9. The van der Waals surface area contributed by atoms with Crippen molar-refractivity contribution in [2.45, 2.75) is 44.1 Å².